The summed E-state index contributed by atoms with van der Waals surface area (Å²) >= 11 is 7.23. The lowest BCUT2D eigenvalue weighted by Crippen LogP contribution is -2.27. The average Bonchev–Trinajstić information content (AvgIpc) is 3.44. The lowest BCUT2D eigenvalue weighted by Gasteiger charge is -2.09. The predicted octanol–water partition coefficient (Wildman–Crippen LogP) is 4.63. The molecule has 4 rings (SSSR count). The van der Waals surface area contributed by atoms with E-state index < -0.39 is 0 Å². The third-order valence-corrected chi connectivity index (χ3v) is 5.55. The molecule has 6 nitrogen and oxygen atoms in total. The standard InChI is InChI=1S/C22H19ClN4O2S/c23-17-10-8-16(9-11-17)12-13-24-20(28)15-30-22-26-25-21(19-7-4-14-29-19)27(22)18-5-2-1-3-6-18/h1-11,14H,12-13,15H2,(H,24,28). The van der Waals surface area contributed by atoms with E-state index in [0.717, 1.165) is 17.7 Å². The lowest BCUT2D eigenvalue weighted by atomic mass is 10.1. The van der Waals surface area contributed by atoms with Gasteiger partial charge in [-0.1, -0.05) is 53.7 Å². The van der Waals surface area contributed by atoms with Gasteiger partial charge in [0.2, 0.25) is 11.7 Å². The summed E-state index contributed by atoms with van der Waals surface area (Å²) in [6, 6.07) is 21.0. The molecular formula is C22H19ClN4O2S. The van der Waals surface area contributed by atoms with Crippen LogP contribution >= 0.6 is 23.4 Å². The molecule has 1 amide bonds. The van der Waals surface area contributed by atoms with E-state index in [1.54, 1.807) is 12.3 Å². The molecule has 0 bridgehead atoms. The number of aromatic nitrogens is 3. The van der Waals surface area contributed by atoms with E-state index in [0.29, 0.717) is 28.3 Å². The van der Waals surface area contributed by atoms with Crippen molar-refractivity contribution in [3.05, 3.63) is 83.6 Å². The van der Waals surface area contributed by atoms with E-state index >= 15 is 0 Å². The highest BCUT2D eigenvalue weighted by Gasteiger charge is 2.18. The Bertz CT molecular complexity index is 1100. The molecule has 2 heterocycles. The van der Waals surface area contributed by atoms with Crippen molar-refractivity contribution in [1.29, 1.82) is 0 Å². The number of carbonyl (C=O) groups is 1. The van der Waals surface area contributed by atoms with Crippen molar-refractivity contribution in [3.63, 3.8) is 0 Å². The van der Waals surface area contributed by atoms with Gasteiger partial charge in [-0.25, -0.2) is 0 Å². The molecule has 0 aliphatic rings. The largest absolute Gasteiger partial charge is 0.461 e. The number of amides is 1. The van der Waals surface area contributed by atoms with E-state index in [9.17, 15) is 4.79 Å². The fourth-order valence-corrected chi connectivity index (χ4v) is 3.82. The van der Waals surface area contributed by atoms with Gasteiger partial charge < -0.3 is 9.73 Å². The molecule has 8 heteroatoms. The van der Waals surface area contributed by atoms with Gasteiger partial charge in [0.05, 0.1) is 12.0 Å². The zero-order valence-electron chi connectivity index (χ0n) is 16.0. The van der Waals surface area contributed by atoms with Crippen molar-refractivity contribution in [1.82, 2.24) is 20.1 Å². The molecule has 0 aliphatic heterocycles. The molecule has 152 valence electrons. The Morgan fingerprint density at radius 2 is 1.83 bits per heavy atom. The third kappa shape index (κ3) is 4.93. The third-order valence-electron chi connectivity index (χ3n) is 4.37. The van der Waals surface area contributed by atoms with Gasteiger partial charge in [0, 0.05) is 17.3 Å². The molecule has 0 aliphatic carbocycles. The molecule has 2 aromatic heterocycles. The van der Waals surface area contributed by atoms with Crippen LogP contribution in [0.5, 0.6) is 0 Å². The van der Waals surface area contributed by atoms with Crippen LogP contribution in [0.25, 0.3) is 17.3 Å². The van der Waals surface area contributed by atoms with Crippen molar-refractivity contribution in [2.75, 3.05) is 12.3 Å². The number of hydrogen-bond acceptors (Lipinski definition) is 5. The molecule has 0 saturated heterocycles. The van der Waals surface area contributed by atoms with E-state index in [2.05, 4.69) is 15.5 Å². The maximum Gasteiger partial charge on any atom is 0.230 e. The summed E-state index contributed by atoms with van der Waals surface area (Å²) in [5.74, 6) is 1.39. The number of para-hydroxylation sites is 1. The fourth-order valence-electron chi connectivity index (χ4n) is 2.92. The minimum atomic E-state index is -0.0591. The average molecular weight is 439 g/mol. The second-order valence-electron chi connectivity index (χ2n) is 6.47. The second kappa shape index (κ2) is 9.65. The fraction of sp³-hybridized carbons (Fsp3) is 0.136. The quantitative estimate of drug-likeness (QED) is 0.406. The number of nitrogens with zero attached hydrogens (tertiary/aromatic N) is 3. The molecule has 1 N–H and O–H groups in total. The van der Waals surface area contributed by atoms with Gasteiger partial charge in [0.25, 0.3) is 0 Å². The monoisotopic (exact) mass is 438 g/mol. The lowest BCUT2D eigenvalue weighted by molar-refractivity contribution is -0.118. The zero-order chi connectivity index (χ0) is 20.8. The van der Waals surface area contributed by atoms with E-state index in [1.165, 1.54) is 11.8 Å². The highest BCUT2D eigenvalue weighted by Crippen LogP contribution is 2.28. The number of halogens is 1. The van der Waals surface area contributed by atoms with Crippen molar-refractivity contribution in [2.45, 2.75) is 11.6 Å². The molecule has 0 radical (unpaired) electrons. The smallest absolute Gasteiger partial charge is 0.230 e. The number of hydrogen-bond donors (Lipinski definition) is 1. The van der Waals surface area contributed by atoms with Gasteiger partial charge in [0.1, 0.15) is 0 Å². The zero-order valence-corrected chi connectivity index (χ0v) is 17.6. The first-order chi connectivity index (χ1) is 14.7. The summed E-state index contributed by atoms with van der Waals surface area (Å²) in [5, 5.41) is 12.8. The molecule has 0 atom stereocenters. The molecule has 0 saturated carbocycles. The summed E-state index contributed by atoms with van der Waals surface area (Å²) in [5.41, 5.74) is 2.03. The van der Waals surface area contributed by atoms with Gasteiger partial charge in [-0.15, -0.1) is 10.2 Å². The Hall–Kier alpha value is -3.03. The van der Waals surface area contributed by atoms with E-state index in [-0.39, 0.29) is 11.7 Å². The molecule has 0 unspecified atom stereocenters. The molecular weight excluding hydrogens is 420 g/mol. The van der Waals surface area contributed by atoms with Gasteiger partial charge in [0.15, 0.2) is 10.9 Å². The Morgan fingerprint density at radius 1 is 1.03 bits per heavy atom. The maximum absolute atomic E-state index is 12.3. The number of furan rings is 1. The highest BCUT2D eigenvalue weighted by molar-refractivity contribution is 7.99. The number of carbonyl (C=O) groups excluding carboxylic acids is 1. The van der Waals surface area contributed by atoms with Crippen LogP contribution in [0.15, 0.2) is 82.6 Å². The summed E-state index contributed by atoms with van der Waals surface area (Å²) in [6.07, 6.45) is 2.34. The topological polar surface area (TPSA) is 73.0 Å². The molecule has 0 fully saturated rings. The van der Waals surface area contributed by atoms with Crippen molar-refractivity contribution < 1.29 is 9.21 Å². The summed E-state index contributed by atoms with van der Waals surface area (Å²) < 4.78 is 7.40. The maximum atomic E-state index is 12.3. The summed E-state index contributed by atoms with van der Waals surface area (Å²) in [7, 11) is 0. The van der Waals surface area contributed by atoms with Crippen LogP contribution in [0, 0.1) is 0 Å². The number of nitrogens with one attached hydrogen (secondary N) is 1. The van der Waals surface area contributed by atoms with Gasteiger partial charge in [-0.05, 0) is 48.4 Å². The Balaban J connectivity index is 1.40. The number of benzene rings is 2. The van der Waals surface area contributed by atoms with Crippen LogP contribution in [0.3, 0.4) is 0 Å². The van der Waals surface area contributed by atoms with Crippen LogP contribution in [-0.2, 0) is 11.2 Å². The first-order valence-corrected chi connectivity index (χ1v) is 10.8. The van der Waals surface area contributed by atoms with Gasteiger partial charge >= 0.3 is 0 Å². The predicted molar refractivity (Wildman–Crippen MR) is 118 cm³/mol. The normalized spacial score (nSPS) is 10.8. The number of rotatable bonds is 8. The Labute approximate surface area is 183 Å². The van der Waals surface area contributed by atoms with Crippen LogP contribution in [0.1, 0.15) is 5.56 Å². The highest BCUT2D eigenvalue weighted by atomic mass is 35.5. The van der Waals surface area contributed by atoms with Crippen molar-refractivity contribution >= 4 is 29.3 Å². The summed E-state index contributed by atoms with van der Waals surface area (Å²) in [4.78, 5) is 12.3. The van der Waals surface area contributed by atoms with Crippen molar-refractivity contribution in [3.8, 4) is 17.3 Å². The van der Waals surface area contributed by atoms with Crippen LogP contribution in [-0.4, -0.2) is 33.0 Å². The SMILES string of the molecule is O=C(CSc1nnc(-c2ccco2)n1-c1ccccc1)NCCc1ccc(Cl)cc1. The van der Waals surface area contributed by atoms with Crippen LogP contribution in [0.4, 0.5) is 0 Å². The summed E-state index contributed by atoms with van der Waals surface area (Å²) in [6.45, 7) is 0.560. The first-order valence-electron chi connectivity index (χ1n) is 9.39. The minimum Gasteiger partial charge on any atom is -0.461 e. The van der Waals surface area contributed by atoms with Gasteiger partial charge in [-0.3, -0.25) is 9.36 Å². The second-order valence-corrected chi connectivity index (χ2v) is 7.85. The van der Waals surface area contributed by atoms with E-state index in [4.69, 9.17) is 16.0 Å². The molecule has 4 aromatic rings. The minimum absolute atomic E-state index is 0.0591. The van der Waals surface area contributed by atoms with Crippen molar-refractivity contribution in [2.24, 2.45) is 0 Å². The molecule has 30 heavy (non-hydrogen) atoms. The van der Waals surface area contributed by atoms with Crippen LogP contribution < -0.4 is 5.32 Å². The van der Waals surface area contributed by atoms with Crippen LogP contribution in [0.2, 0.25) is 5.02 Å². The molecule has 0 spiro atoms. The first kappa shape index (κ1) is 20.3. The van der Waals surface area contributed by atoms with Gasteiger partial charge in [-0.2, -0.15) is 0 Å². The number of thioether (sulfide) groups is 1. The van der Waals surface area contributed by atoms with E-state index in [1.807, 2.05) is 65.2 Å². The Kier molecular flexibility index (Phi) is 6.51. The molecule has 2 aromatic carbocycles. The Morgan fingerprint density at radius 3 is 2.57 bits per heavy atom.